The van der Waals surface area contributed by atoms with Gasteiger partial charge in [0.2, 0.25) is 0 Å². The zero-order chi connectivity index (χ0) is 24.2. The summed E-state index contributed by atoms with van der Waals surface area (Å²) in [5.41, 5.74) is 14.9. The number of nitro benzene ring substituents is 1. The van der Waals surface area contributed by atoms with Gasteiger partial charge in [0.25, 0.3) is 5.69 Å². The zero-order valence-electron chi connectivity index (χ0n) is 19.1. The molecule has 1 unspecified atom stereocenters. The number of nitro groups is 1. The fourth-order valence-electron chi connectivity index (χ4n) is 3.73. The van der Waals surface area contributed by atoms with Crippen molar-refractivity contribution in [2.75, 3.05) is 38.1 Å². The first-order valence-electron chi connectivity index (χ1n) is 10.6. The van der Waals surface area contributed by atoms with Gasteiger partial charge in [0.1, 0.15) is 5.82 Å². The van der Waals surface area contributed by atoms with Crippen molar-refractivity contribution in [2.24, 2.45) is 16.5 Å². The van der Waals surface area contributed by atoms with Crippen molar-refractivity contribution in [1.29, 1.82) is 0 Å². The number of non-ortho nitro benzene ring substituents is 1. The van der Waals surface area contributed by atoms with Crippen molar-refractivity contribution < 1.29 is 9.31 Å². The zero-order valence-corrected chi connectivity index (χ0v) is 19.1. The van der Waals surface area contributed by atoms with Gasteiger partial charge in [-0.05, 0) is 61.9 Å². The quantitative estimate of drug-likeness (QED) is 0.479. The van der Waals surface area contributed by atoms with E-state index >= 15 is 0 Å². The topological polar surface area (TPSA) is 126 Å². The molecule has 176 valence electrons. The van der Waals surface area contributed by atoms with Crippen molar-refractivity contribution in [3.8, 4) is 0 Å². The van der Waals surface area contributed by atoms with Crippen molar-refractivity contribution in [1.82, 2.24) is 10.2 Å². The summed E-state index contributed by atoms with van der Waals surface area (Å²) < 4.78 is 12.5. The number of nitrogens with two attached hydrogens (primary N) is 2. The van der Waals surface area contributed by atoms with Gasteiger partial charge in [0.05, 0.1) is 4.92 Å². The molecule has 0 spiro atoms. The maximum Gasteiger partial charge on any atom is 0.269 e. The van der Waals surface area contributed by atoms with Gasteiger partial charge >= 0.3 is 0 Å². The highest BCUT2D eigenvalue weighted by atomic mass is 19.1. The molecule has 0 aromatic heterocycles. The SMILES string of the molecule is Cc1cc(C2(N)C=CNC(N)=N2)ccc1N1CCN(C)CC1.Cc1cc([N+](=O)[O-])ccc1F. The van der Waals surface area contributed by atoms with Crippen molar-refractivity contribution >= 4 is 17.3 Å². The molecule has 0 bridgehead atoms. The molecule has 2 heterocycles. The molecule has 0 saturated carbocycles. The number of likely N-dealkylation sites (N-methyl/N-ethyl adjacent to an activating group) is 1. The molecule has 0 amide bonds. The Bertz CT molecular complexity index is 1080. The van der Waals surface area contributed by atoms with E-state index in [1.807, 2.05) is 12.1 Å². The molecule has 1 fully saturated rings. The average Bonchev–Trinajstić information content (AvgIpc) is 2.76. The number of aliphatic imine (C=N–C) groups is 1. The van der Waals surface area contributed by atoms with Crippen LogP contribution in [0.1, 0.15) is 16.7 Å². The van der Waals surface area contributed by atoms with Gasteiger partial charge < -0.3 is 20.9 Å². The van der Waals surface area contributed by atoms with Gasteiger partial charge in [-0.3, -0.25) is 15.8 Å². The van der Waals surface area contributed by atoms with Gasteiger partial charge in [-0.2, -0.15) is 0 Å². The average molecular weight is 456 g/mol. The molecular formula is C23H30FN7O2. The summed E-state index contributed by atoms with van der Waals surface area (Å²) in [6.45, 7) is 7.91. The highest BCUT2D eigenvalue weighted by Gasteiger charge is 2.27. The number of benzene rings is 2. The predicted octanol–water partition coefficient (Wildman–Crippen LogP) is 2.33. The second kappa shape index (κ2) is 9.97. The molecule has 2 aliphatic heterocycles. The Morgan fingerprint density at radius 2 is 1.82 bits per heavy atom. The lowest BCUT2D eigenvalue weighted by Gasteiger charge is -2.35. The van der Waals surface area contributed by atoms with E-state index in [1.54, 1.807) is 6.20 Å². The van der Waals surface area contributed by atoms with Crippen LogP contribution >= 0.6 is 0 Å². The van der Waals surface area contributed by atoms with Crippen LogP contribution in [0.4, 0.5) is 15.8 Å². The summed E-state index contributed by atoms with van der Waals surface area (Å²) in [6.07, 6.45) is 3.57. The monoisotopic (exact) mass is 455 g/mol. The van der Waals surface area contributed by atoms with Crippen LogP contribution in [0.2, 0.25) is 0 Å². The summed E-state index contributed by atoms with van der Waals surface area (Å²) in [7, 11) is 2.16. The van der Waals surface area contributed by atoms with E-state index in [4.69, 9.17) is 11.5 Å². The van der Waals surface area contributed by atoms with E-state index in [2.05, 4.69) is 46.2 Å². The molecule has 33 heavy (non-hydrogen) atoms. The molecule has 2 aromatic carbocycles. The third kappa shape index (κ3) is 5.85. The van der Waals surface area contributed by atoms with Crippen LogP contribution in [0.5, 0.6) is 0 Å². The third-order valence-corrected chi connectivity index (χ3v) is 5.73. The molecule has 4 rings (SSSR count). The smallest absolute Gasteiger partial charge is 0.269 e. The maximum absolute atomic E-state index is 12.5. The molecule has 0 radical (unpaired) electrons. The number of hydrogen-bond acceptors (Lipinski definition) is 8. The first kappa shape index (κ1) is 24.1. The van der Waals surface area contributed by atoms with Crippen molar-refractivity contribution in [3.05, 3.63) is 81.3 Å². The van der Waals surface area contributed by atoms with E-state index in [9.17, 15) is 14.5 Å². The maximum atomic E-state index is 12.5. The minimum absolute atomic E-state index is 0.0797. The molecule has 0 aliphatic carbocycles. The highest BCUT2D eigenvalue weighted by molar-refractivity contribution is 5.80. The van der Waals surface area contributed by atoms with E-state index in [1.165, 1.54) is 24.2 Å². The predicted molar refractivity (Wildman–Crippen MR) is 128 cm³/mol. The Morgan fingerprint density at radius 3 is 2.39 bits per heavy atom. The first-order chi connectivity index (χ1) is 15.6. The van der Waals surface area contributed by atoms with Crippen LogP contribution in [-0.4, -0.2) is 49.0 Å². The van der Waals surface area contributed by atoms with Crippen LogP contribution < -0.4 is 21.7 Å². The van der Waals surface area contributed by atoms with Crippen molar-refractivity contribution in [3.63, 3.8) is 0 Å². The van der Waals surface area contributed by atoms with E-state index in [0.717, 1.165) is 43.9 Å². The van der Waals surface area contributed by atoms with Gasteiger partial charge in [-0.15, -0.1) is 0 Å². The number of hydrogen-bond donors (Lipinski definition) is 3. The number of piperazine rings is 1. The summed E-state index contributed by atoms with van der Waals surface area (Å²) in [5, 5.41) is 13.0. The summed E-state index contributed by atoms with van der Waals surface area (Å²) in [5.74, 6) is -0.0820. The number of guanidine groups is 1. The van der Waals surface area contributed by atoms with Gasteiger partial charge in [0, 0.05) is 50.2 Å². The van der Waals surface area contributed by atoms with Crippen LogP contribution in [0.3, 0.4) is 0 Å². The minimum atomic E-state index is -0.888. The van der Waals surface area contributed by atoms with E-state index in [-0.39, 0.29) is 5.69 Å². The first-order valence-corrected chi connectivity index (χ1v) is 10.6. The van der Waals surface area contributed by atoms with Gasteiger partial charge in [-0.1, -0.05) is 6.07 Å². The molecule has 5 N–H and O–H groups in total. The molecular weight excluding hydrogens is 425 g/mol. The van der Waals surface area contributed by atoms with Gasteiger partial charge in [0.15, 0.2) is 11.6 Å². The van der Waals surface area contributed by atoms with Gasteiger partial charge in [-0.25, -0.2) is 9.38 Å². The largest absolute Gasteiger partial charge is 0.370 e. The number of nitrogens with zero attached hydrogens (tertiary/aromatic N) is 4. The molecule has 1 saturated heterocycles. The Kier molecular flexibility index (Phi) is 7.29. The minimum Gasteiger partial charge on any atom is -0.370 e. The number of aryl methyl sites for hydroxylation is 2. The molecule has 2 aromatic rings. The van der Waals surface area contributed by atoms with Crippen LogP contribution in [0, 0.1) is 29.8 Å². The highest BCUT2D eigenvalue weighted by Crippen LogP contribution is 2.29. The van der Waals surface area contributed by atoms with E-state index in [0.29, 0.717) is 11.5 Å². The van der Waals surface area contributed by atoms with Crippen molar-refractivity contribution in [2.45, 2.75) is 19.5 Å². The lowest BCUT2D eigenvalue weighted by Crippen LogP contribution is -2.45. The van der Waals surface area contributed by atoms with Crippen LogP contribution in [0.15, 0.2) is 53.7 Å². The summed E-state index contributed by atoms with van der Waals surface area (Å²) in [4.78, 5) is 18.7. The third-order valence-electron chi connectivity index (χ3n) is 5.73. The summed E-state index contributed by atoms with van der Waals surface area (Å²) >= 11 is 0. The molecule has 1 atom stereocenters. The lowest BCUT2D eigenvalue weighted by atomic mass is 9.97. The Morgan fingerprint density at radius 1 is 1.12 bits per heavy atom. The Balaban J connectivity index is 0.000000235. The number of halogens is 1. The molecule has 9 nitrogen and oxygen atoms in total. The van der Waals surface area contributed by atoms with Crippen LogP contribution in [-0.2, 0) is 5.66 Å². The van der Waals surface area contributed by atoms with Crippen LogP contribution in [0.25, 0.3) is 0 Å². The fourth-order valence-corrected chi connectivity index (χ4v) is 3.73. The standard InChI is InChI=1S/C16H24N6.C7H6FNO2/c1-12-11-13(16(18)5-6-19-15(17)20-16)3-4-14(12)22-9-7-21(2)8-10-22;1-5-4-6(9(10)11)2-3-7(5)8/h3-6,11H,7-10,18H2,1-2H3,(H3,17,19,20);2-4H,1H3. The number of nitrogens with one attached hydrogen (secondary N) is 1. The lowest BCUT2D eigenvalue weighted by molar-refractivity contribution is -0.385. The summed E-state index contributed by atoms with van der Waals surface area (Å²) in [6, 6.07) is 9.74. The normalized spacial score (nSPS) is 20.4. The van der Waals surface area contributed by atoms with E-state index < -0.39 is 16.4 Å². The Labute approximate surface area is 192 Å². The molecule has 2 aliphatic rings. The second-order valence-corrected chi connectivity index (χ2v) is 8.28. The number of anilines is 1. The number of rotatable bonds is 3. The second-order valence-electron chi connectivity index (χ2n) is 8.28. The molecule has 10 heteroatoms. The fraction of sp³-hybridized carbons (Fsp3) is 0.348. The Hall–Kier alpha value is -3.50.